The quantitative estimate of drug-likeness (QED) is 0.253. The van der Waals surface area contributed by atoms with Gasteiger partial charge in [-0.3, -0.25) is 0 Å². The summed E-state index contributed by atoms with van der Waals surface area (Å²) in [6.07, 6.45) is -0.124. The summed E-state index contributed by atoms with van der Waals surface area (Å²) in [4.78, 5) is 2.55. The SMILES string of the molecule is [N-]=[N+]=NC[C@@H]1O[C@H]1CO. The molecule has 0 radical (unpaired) electrons. The van der Waals surface area contributed by atoms with Gasteiger partial charge in [0.2, 0.25) is 0 Å². The van der Waals surface area contributed by atoms with E-state index in [1.54, 1.807) is 0 Å². The molecule has 0 unspecified atom stereocenters. The number of azide groups is 1. The molecule has 0 spiro atoms. The van der Waals surface area contributed by atoms with Crippen LogP contribution in [-0.4, -0.2) is 30.5 Å². The first kappa shape index (κ1) is 6.35. The molecule has 0 amide bonds. The van der Waals surface area contributed by atoms with Crippen molar-refractivity contribution in [2.75, 3.05) is 13.2 Å². The Morgan fingerprint density at radius 3 is 2.89 bits per heavy atom. The molecule has 1 fully saturated rings. The molecule has 5 nitrogen and oxygen atoms in total. The minimum Gasteiger partial charge on any atom is -0.394 e. The van der Waals surface area contributed by atoms with Crippen molar-refractivity contribution >= 4 is 0 Å². The second-order valence-corrected chi connectivity index (χ2v) is 1.81. The van der Waals surface area contributed by atoms with Gasteiger partial charge < -0.3 is 9.84 Å². The van der Waals surface area contributed by atoms with Crippen molar-refractivity contribution in [3.05, 3.63) is 10.4 Å². The van der Waals surface area contributed by atoms with Gasteiger partial charge in [-0.25, -0.2) is 0 Å². The molecule has 5 heteroatoms. The molecular formula is C4H7N3O2. The molecule has 1 aliphatic heterocycles. The molecule has 0 aliphatic carbocycles. The molecule has 0 aromatic rings. The van der Waals surface area contributed by atoms with Crippen molar-refractivity contribution in [1.29, 1.82) is 0 Å². The molecule has 50 valence electrons. The molecule has 9 heavy (non-hydrogen) atoms. The van der Waals surface area contributed by atoms with E-state index in [-0.39, 0.29) is 18.8 Å². The standard InChI is InChI=1S/C4H7N3O2/c5-7-6-1-3-4(2-8)9-3/h3-4,8H,1-2H2/t3-,4-/m0/s1. The van der Waals surface area contributed by atoms with Gasteiger partial charge in [-0.15, -0.1) is 0 Å². The van der Waals surface area contributed by atoms with Crippen molar-refractivity contribution < 1.29 is 9.84 Å². The zero-order valence-corrected chi connectivity index (χ0v) is 4.77. The fourth-order valence-corrected chi connectivity index (χ4v) is 0.617. The number of epoxide rings is 1. The number of rotatable bonds is 3. The van der Waals surface area contributed by atoms with E-state index in [4.69, 9.17) is 15.4 Å². The van der Waals surface area contributed by atoms with E-state index in [1.807, 2.05) is 0 Å². The number of hydrogen-bond acceptors (Lipinski definition) is 3. The van der Waals surface area contributed by atoms with Crippen molar-refractivity contribution in [3.63, 3.8) is 0 Å². The third-order valence-corrected chi connectivity index (χ3v) is 1.19. The van der Waals surface area contributed by atoms with Crippen LogP contribution in [0.5, 0.6) is 0 Å². The molecule has 1 N–H and O–H groups in total. The maximum absolute atomic E-state index is 8.42. The minimum atomic E-state index is -0.0875. The highest BCUT2D eigenvalue weighted by molar-refractivity contribution is 4.85. The molecule has 0 aromatic heterocycles. The molecule has 1 saturated heterocycles. The largest absolute Gasteiger partial charge is 0.394 e. The van der Waals surface area contributed by atoms with Crippen molar-refractivity contribution in [2.45, 2.75) is 12.2 Å². The Kier molecular flexibility index (Phi) is 1.89. The van der Waals surface area contributed by atoms with Crippen LogP contribution in [0.15, 0.2) is 5.11 Å². The number of ether oxygens (including phenoxy) is 1. The number of nitrogens with zero attached hydrogens (tertiary/aromatic N) is 3. The van der Waals surface area contributed by atoms with Gasteiger partial charge in [-0.2, -0.15) is 0 Å². The monoisotopic (exact) mass is 129 g/mol. The second kappa shape index (κ2) is 2.68. The predicted molar refractivity (Wildman–Crippen MR) is 29.8 cm³/mol. The number of aliphatic hydroxyl groups is 1. The van der Waals surface area contributed by atoms with Gasteiger partial charge in [0.25, 0.3) is 0 Å². The highest BCUT2D eigenvalue weighted by Gasteiger charge is 2.36. The summed E-state index contributed by atoms with van der Waals surface area (Å²) in [5.74, 6) is 0. The summed E-state index contributed by atoms with van der Waals surface area (Å²) >= 11 is 0. The van der Waals surface area contributed by atoms with Gasteiger partial charge in [0, 0.05) is 4.91 Å². The predicted octanol–water partition coefficient (Wildman–Crippen LogP) is 0.0564. The highest BCUT2D eigenvalue weighted by Crippen LogP contribution is 2.20. The zero-order chi connectivity index (χ0) is 6.69. The molecule has 0 saturated carbocycles. The van der Waals surface area contributed by atoms with E-state index in [0.29, 0.717) is 6.54 Å². The van der Waals surface area contributed by atoms with Crippen molar-refractivity contribution in [2.24, 2.45) is 5.11 Å². The number of hydrogen-bond donors (Lipinski definition) is 1. The van der Waals surface area contributed by atoms with Crippen LogP contribution in [0.25, 0.3) is 10.4 Å². The highest BCUT2D eigenvalue weighted by atomic mass is 16.6. The van der Waals surface area contributed by atoms with Crippen LogP contribution in [0.1, 0.15) is 0 Å². The second-order valence-electron chi connectivity index (χ2n) is 1.81. The van der Waals surface area contributed by atoms with E-state index >= 15 is 0 Å². The van der Waals surface area contributed by atoms with Gasteiger partial charge >= 0.3 is 0 Å². The minimum absolute atomic E-state index is 0.0195. The molecule has 1 rings (SSSR count). The summed E-state index contributed by atoms with van der Waals surface area (Å²) in [5.41, 5.74) is 7.84. The Morgan fingerprint density at radius 2 is 2.44 bits per heavy atom. The van der Waals surface area contributed by atoms with Crippen LogP contribution in [-0.2, 0) is 4.74 Å². The van der Waals surface area contributed by atoms with Crippen LogP contribution in [0.4, 0.5) is 0 Å². The van der Waals surface area contributed by atoms with E-state index in [2.05, 4.69) is 10.0 Å². The first-order valence-corrected chi connectivity index (χ1v) is 2.65. The van der Waals surface area contributed by atoms with Gasteiger partial charge in [0.15, 0.2) is 0 Å². The maximum atomic E-state index is 8.42. The summed E-state index contributed by atoms with van der Waals surface area (Å²) in [6.45, 7) is 0.355. The molecule has 1 aliphatic rings. The van der Waals surface area contributed by atoms with Gasteiger partial charge in [0.1, 0.15) is 6.10 Å². The summed E-state index contributed by atoms with van der Waals surface area (Å²) in [6, 6.07) is 0. The van der Waals surface area contributed by atoms with E-state index in [9.17, 15) is 0 Å². The van der Waals surface area contributed by atoms with Crippen LogP contribution >= 0.6 is 0 Å². The van der Waals surface area contributed by atoms with Gasteiger partial charge in [-0.05, 0) is 5.53 Å². The third-order valence-electron chi connectivity index (χ3n) is 1.19. The average Bonchev–Trinajstić information content (AvgIpc) is 2.62. The lowest BCUT2D eigenvalue weighted by Crippen LogP contribution is -2.00. The maximum Gasteiger partial charge on any atom is 0.107 e. The van der Waals surface area contributed by atoms with Crippen LogP contribution < -0.4 is 0 Å². The molecular weight excluding hydrogens is 122 g/mol. The zero-order valence-electron chi connectivity index (χ0n) is 4.77. The molecule has 1 heterocycles. The van der Waals surface area contributed by atoms with Gasteiger partial charge in [0.05, 0.1) is 19.3 Å². The van der Waals surface area contributed by atoms with E-state index in [1.165, 1.54) is 0 Å². The first-order valence-electron chi connectivity index (χ1n) is 2.65. The summed E-state index contributed by atoms with van der Waals surface area (Å²) < 4.78 is 4.85. The Morgan fingerprint density at radius 1 is 1.67 bits per heavy atom. The molecule has 0 aromatic carbocycles. The Hall–Kier alpha value is -0.770. The first-order chi connectivity index (χ1) is 4.38. The third kappa shape index (κ3) is 1.57. The van der Waals surface area contributed by atoms with Crippen LogP contribution in [0.3, 0.4) is 0 Å². The molecule has 2 atom stereocenters. The average molecular weight is 129 g/mol. The van der Waals surface area contributed by atoms with E-state index < -0.39 is 0 Å². The van der Waals surface area contributed by atoms with E-state index in [0.717, 1.165) is 0 Å². The lowest BCUT2D eigenvalue weighted by molar-refractivity contribution is 0.242. The smallest absolute Gasteiger partial charge is 0.107 e. The Bertz CT molecular complexity index is 143. The fourth-order valence-electron chi connectivity index (χ4n) is 0.617. The lowest BCUT2D eigenvalue weighted by Gasteiger charge is -1.79. The lowest BCUT2D eigenvalue weighted by atomic mass is 10.3. The topological polar surface area (TPSA) is 81.5 Å². The summed E-state index contributed by atoms with van der Waals surface area (Å²) in [7, 11) is 0. The normalized spacial score (nSPS) is 31.2. The Labute approximate surface area is 51.9 Å². The summed E-state index contributed by atoms with van der Waals surface area (Å²) in [5, 5.41) is 11.7. The van der Waals surface area contributed by atoms with Crippen molar-refractivity contribution in [3.8, 4) is 0 Å². The Balaban J connectivity index is 2.12. The van der Waals surface area contributed by atoms with Crippen LogP contribution in [0.2, 0.25) is 0 Å². The van der Waals surface area contributed by atoms with Crippen LogP contribution in [0, 0.1) is 0 Å². The number of aliphatic hydroxyl groups excluding tert-OH is 1. The van der Waals surface area contributed by atoms with Crippen molar-refractivity contribution in [1.82, 2.24) is 0 Å². The molecule has 0 bridgehead atoms. The fraction of sp³-hybridized carbons (Fsp3) is 1.00. The van der Waals surface area contributed by atoms with Gasteiger partial charge in [-0.1, -0.05) is 5.11 Å².